The van der Waals surface area contributed by atoms with Crippen LogP contribution < -0.4 is 0 Å². The maximum absolute atomic E-state index is 12.7. The van der Waals surface area contributed by atoms with Gasteiger partial charge in [0.2, 0.25) is 0 Å². The van der Waals surface area contributed by atoms with Gasteiger partial charge in [-0.2, -0.15) is 0 Å². The Balaban J connectivity index is 1.46. The molecule has 1 heterocycles. The Hall–Kier alpha value is -3.73. The second-order valence-electron chi connectivity index (χ2n) is 7.36. The fourth-order valence-electron chi connectivity index (χ4n) is 3.74. The lowest BCUT2D eigenvalue weighted by atomic mass is 9.90. The molecule has 0 unspecified atom stereocenters. The summed E-state index contributed by atoms with van der Waals surface area (Å²) in [5.41, 5.74) is 2.74. The summed E-state index contributed by atoms with van der Waals surface area (Å²) in [6.45, 7) is 0. The number of nitrogens with zero attached hydrogens (tertiary/aromatic N) is 1. The van der Waals surface area contributed by atoms with Gasteiger partial charge in [0, 0.05) is 0 Å². The molecule has 4 rings (SSSR count). The van der Waals surface area contributed by atoms with E-state index < -0.39 is 17.8 Å². The molecule has 150 valence electrons. The van der Waals surface area contributed by atoms with E-state index in [0.29, 0.717) is 17.9 Å². The molecule has 0 bridgehead atoms. The van der Waals surface area contributed by atoms with Gasteiger partial charge in [-0.1, -0.05) is 77.9 Å². The first-order valence-corrected chi connectivity index (χ1v) is 9.88. The van der Waals surface area contributed by atoms with Gasteiger partial charge in [0.15, 0.2) is 0 Å². The van der Waals surface area contributed by atoms with Crippen LogP contribution >= 0.6 is 0 Å². The van der Waals surface area contributed by atoms with E-state index in [4.69, 9.17) is 4.84 Å². The van der Waals surface area contributed by atoms with Crippen LogP contribution in [0.25, 0.3) is 0 Å². The molecule has 30 heavy (non-hydrogen) atoms. The molecule has 0 fully saturated rings. The quantitative estimate of drug-likeness (QED) is 0.558. The Bertz CT molecular complexity index is 986. The van der Waals surface area contributed by atoms with Crippen molar-refractivity contribution in [3.05, 3.63) is 107 Å². The summed E-state index contributed by atoms with van der Waals surface area (Å²) in [5, 5.41) is 0.578. The number of carbonyl (C=O) groups excluding carboxylic acids is 3. The van der Waals surface area contributed by atoms with Crippen molar-refractivity contribution in [2.45, 2.75) is 19.3 Å². The largest absolute Gasteiger partial charge is 0.333 e. The lowest BCUT2D eigenvalue weighted by Gasteiger charge is -2.18. The zero-order valence-electron chi connectivity index (χ0n) is 16.4. The highest BCUT2D eigenvalue weighted by Crippen LogP contribution is 2.24. The number of hydrogen-bond acceptors (Lipinski definition) is 4. The second-order valence-corrected chi connectivity index (χ2v) is 7.36. The van der Waals surface area contributed by atoms with Crippen molar-refractivity contribution in [3.63, 3.8) is 0 Å². The summed E-state index contributed by atoms with van der Waals surface area (Å²) < 4.78 is 0. The van der Waals surface area contributed by atoms with Crippen LogP contribution in [0, 0.1) is 5.92 Å². The molecule has 3 aromatic rings. The van der Waals surface area contributed by atoms with Crippen LogP contribution in [-0.4, -0.2) is 22.8 Å². The van der Waals surface area contributed by atoms with Crippen molar-refractivity contribution >= 4 is 17.8 Å². The number of amides is 2. The molecule has 0 saturated heterocycles. The predicted molar refractivity (Wildman–Crippen MR) is 111 cm³/mol. The van der Waals surface area contributed by atoms with Crippen LogP contribution in [0.15, 0.2) is 84.9 Å². The van der Waals surface area contributed by atoms with Gasteiger partial charge >= 0.3 is 5.97 Å². The van der Waals surface area contributed by atoms with E-state index in [2.05, 4.69) is 0 Å². The van der Waals surface area contributed by atoms with Crippen molar-refractivity contribution in [1.82, 2.24) is 5.06 Å². The molecule has 0 N–H and O–H groups in total. The Kier molecular flexibility index (Phi) is 5.70. The summed E-state index contributed by atoms with van der Waals surface area (Å²) >= 11 is 0. The average molecular weight is 399 g/mol. The van der Waals surface area contributed by atoms with E-state index in [1.807, 2.05) is 60.7 Å². The number of benzene rings is 3. The fraction of sp³-hybridized carbons (Fsp3) is 0.160. The number of imide groups is 1. The van der Waals surface area contributed by atoms with E-state index in [1.54, 1.807) is 24.3 Å². The molecule has 0 atom stereocenters. The Labute approximate surface area is 174 Å². The van der Waals surface area contributed by atoms with Gasteiger partial charge in [0.1, 0.15) is 0 Å². The normalized spacial score (nSPS) is 12.9. The van der Waals surface area contributed by atoms with Crippen LogP contribution in [0.4, 0.5) is 0 Å². The van der Waals surface area contributed by atoms with Crippen LogP contribution in [0.2, 0.25) is 0 Å². The molecule has 1 aliphatic heterocycles. The Morgan fingerprint density at radius 1 is 0.700 bits per heavy atom. The van der Waals surface area contributed by atoms with Gasteiger partial charge in [0.25, 0.3) is 11.8 Å². The average Bonchev–Trinajstić information content (AvgIpc) is 3.00. The maximum Gasteiger partial charge on any atom is 0.333 e. The minimum atomic E-state index is -0.605. The van der Waals surface area contributed by atoms with Gasteiger partial charge < -0.3 is 4.84 Å². The fourth-order valence-corrected chi connectivity index (χ4v) is 3.74. The summed E-state index contributed by atoms with van der Waals surface area (Å²) in [5.74, 6) is -1.84. The van der Waals surface area contributed by atoms with E-state index in [9.17, 15) is 14.4 Å². The summed E-state index contributed by atoms with van der Waals surface area (Å²) in [4.78, 5) is 42.8. The molecule has 1 aliphatic rings. The standard InChI is InChI=1S/C25H21NO4/c27-23(30-26-24(28)21-13-7-8-14-22(21)25(26)29)17-20(15-18-9-3-1-4-10-18)16-19-11-5-2-6-12-19/h1-14,20H,15-17H2. The molecule has 0 aromatic heterocycles. The summed E-state index contributed by atoms with van der Waals surface area (Å²) in [7, 11) is 0. The van der Waals surface area contributed by atoms with Gasteiger partial charge in [-0.15, -0.1) is 0 Å². The van der Waals surface area contributed by atoms with Gasteiger partial charge in [-0.3, -0.25) is 9.59 Å². The van der Waals surface area contributed by atoms with Crippen molar-refractivity contribution in [3.8, 4) is 0 Å². The summed E-state index contributed by atoms with van der Waals surface area (Å²) in [6, 6.07) is 26.3. The van der Waals surface area contributed by atoms with Crippen LogP contribution in [0.3, 0.4) is 0 Å². The first kappa shape index (κ1) is 19.6. The number of rotatable bonds is 7. The minimum Gasteiger partial charge on any atom is -0.330 e. The number of fused-ring (bicyclic) bond motifs is 1. The highest BCUT2D eigenvalue weighted by atomic mass is 16.7. The van der Waals surface area contributed by atoms with Crippen molar-refractivity contribution in [2.75, 3.05) is 0 Å². The number of hydroxylamine groups is 2. The second kappa shape index (κ2) is 8.74. The van der Waals surface area contributed by atoms with E-state index in [0.717, 1.165) is 11.1 Å². The predicted octanol–water partition coefficient (Wildman–Crippen LogP) is 4.23. The minimum absolute atomic E-state index is 0.0301. The molecule has 0 radical (unpaired) electrons. The van der Waals surface area contributed by atoms with Crippen LogP contribution in [0.5, 0.6) is 0 Å². The van der Waals surface area contributed by atoms with Crippen LogP contribution in [-0.2, 0) is 22.5 Å². The maximum atomic E-state index is 12.7. The summed E-state index contributed by atoms with van der Waals surface area (Å²) in [6.07, 6.45) is 1.47. The molecule has 0 saturated carbocycles. The van der Waals surface area contributed by atoms with Gasteiger partial charge in [-0.25, -0.2) is 4.79 Å². The number of carbonyl (C=O) groups is 3. The Morgan fingerprint density at radius 2 is 1.13 bits per heavy atom. The SMILES string of the molecule is O=C(CC(Cc1ccccc1)Cc1ccccc1)ON1C(=O)c2ccccc2C1=O. The van der Waals surface area contributed by atoms with Gasteiger partial charge in [0.05, 0.1) is 17.5 Å². The monoisotopic (exact) mass is 399 g/mol. The smallest absolute Gasteiger partial charge is 0.330 e. The third-order valence-electron chi connectivity index (χ3n) is 5.14. The molecule has 3 aromatic carbocycles. The number of hydrogen-bond donors (Lipinski definition) is 0. The highest BCUT2D eigenvalue weighted by molar-refractivity contribution is 6.20. The molecule has 0 spiro atoms. The molecule has 2 amide bonds. The molecule has 0 aliphatic carbocycles. The zero-order chi connectivity index (χ0) is 20.9. The lowest BCUT2D eigenvalue weighted by Crippen LogP contribution is -2.33. The first-order valence-electron chi connectivity index (χ1n) is 9.88. The van der Waals surface area contributed by atoms with E-state index in [1.165, 1.54) is 0 Å². The molecule has 5 heteroatoms. The van der Waals surface area contributed by atoms with Crippen LogP contribution in [0.1, 0.15) is 38.3 Å². The zero-order valence-corrected chi connectivity index (χ0v) is 16.4. The lowest BCUT2D eigenvalue weighted by molar-refractivity contribution is -0.169. The third-order valence-corrected chi connectivity index (χ3v) is 5.14. The molecular weight excluding hydrogens is 378 g/mol. The molecule has 5 nitrogen and oxygen atoms in total. The van der Waals surface area contributed by atoms with Gasteiger partial charge in [-0.05, 0) is 42.0 Å². The van der Waals surface area contributed by atoms with E-state index >= 15 is 0 Å². The van der Waals surface area contributed by atoms with Crippen molar-refractivity contribution in [2.24, 2.45) is 5.92 Å². The highest BCUT2D eigenvalue weighted by Gasteiger charge is 2.38. The third kappa shape index (κ3) is 4.30. The Morgan fingerprint density at radius 3 is 1.60 bits per heavy atom. The topological polar surface area (TPSA) is 63.7 Å². The first-order chi connectivity index (χ1) is 14.6. The van der Waals surface area contributed by atoms with Crippen molar-refractivity contribution in [1.29, 1.82) is 0 Å². The van der Waals surface area contributed by atoms with E-state index in [-0.39, 0.29) is 23.5 Å². The van der Waals surface area contributed by atoms with Crippen molar-refractivity contribution < 1.29 is 19.2 Å². The molecular formula is C25H21NO4.